The van der Waals surface area contributed by atoms with Crippen molar-refractivity contribution in [1.29, 1.82) is 0 Å². The Bertz CT molecular complexity index is 609. The monoisotopic (exact) mass is 359 g/mol. The number of carbonyl (C=O) groups is 1. The maximum Gasteiger partial charge on any atom is 0.309 e. The van der Waals surface area contributed by atoms with Crippen molar-refractivity contribution in [2.45, 2.75) is 52.5 Å². The Kier molecular flexibility index (Phi) is 7.06. The van der Waals surface area contributed by atoms with Gasteiger partial charge in [0, 0.05) is 26.7 Å². The van der Waals surface area contributed by atoms with E-state index < -0.39 is 0 Å². The quantitative estimate of drug-likeness (QED) is 0.509. The molecule has 1 aliphatic heterocycles. The van der Waals surface area contributed by atoms with Crippen LogP contribution in [0.1, 0.15) is 51.7 Å². The van der Waals surface area contributed by atoms with E-state index in [-0.39, 0.29) is 17.3 Å². The van der Waals surface area contributed by atoms with Crippen molar-refractivity contribution in [3.05, 3.63) is 35.4 Å². The lowest BCUT2D eigenvalue weighted by atomic mass is 9.87. The summed E-state index contributed by atoms with van der Waals surface area (Å²) in [6.07, 6.45) is 1.64. The summed E-state index contributed by atoms with van der Waals surface area (Å²) >= 11 is 0. The van der Waals surface area contributed by atoms with Crippen LogP contribution in [0.25, 0.3) is 0 Å². The van der Waals surface area contributed by atoms with E-state index in [0.717, 1.165) is 38.4 Å². The lowest BCUT2D eigenvalue weighted by Crippen LogP contribution is -2.46. The first kappa shape index (κ1) is 20.3. The van der Waals surface area contributed by atoms with Crippen molar-refractivity contribution < 1.29 is 9.53 Å². The predicted molar refractivity (Wildman–Crippen MR) is 106 cm³/mol. The molecule has 1 saturated heterocycles. The molecule has 1 aliphatic rings. The van der Waals surface area contributed by atoms with Gasteiger partial charge in [0.05, 0.1) is 12.5 Å². The van der Waals surface area contributed by atoms with Gasteiger partial charge in [0.25, 0.3) is 0 Å². The van der Waals surface area contributed by atoms with Gasteiger partial charge in [0.2, 0.25) is 0 Å². The molecule has 1 N–H and O–H groups in total. The Morgan fingerprint density at radius 1 is 1.23 bits per heavy atom. The fraction of sp³-hybridized carbons (Fsp3) is 0.619. The van der Waals surface area contributed by atoms with Crippen LogP contribution in [0.15, 0.2) is 29.3 Å². The molecule has 0 spiro atoms. The summed E-state index contributed by atoms with van der Waals surface area (Å²) in [5.74, 6) is 0.857. The van der Waals surface area contributed by atoms with E-state index in [4.69, 9.17) is 4.74 Å². The number of guanidine groups is 1. The highest BCUT2D eigenvalue weighted by molar-refractivity contribution is 5.80. The SMILES string of the molecule is CCOC(=O)C1CCN(C(=NC)NCc2ccc(C(C)(C)C)cc2)CC1. The second-order valence-corrected chi connectivity index (χ2v) is 7.86. The number of hydrogen-bond acceptors (Lipinski definition) is 3. The summed E-state index contributed by atoms with van der Waals surface area (Å²) in [7, 11) is 1.81. The third kappa shape index (κ3) is 5.48. The summed E-state index contributed by atoms with van der Waals surface area (Å²) in [4.78, 5) is 18.5. The van der Waals surface area contributed by atoms with Crippen molar-refractivity contribution >= 4 is 11.9 Å². The first-order chi connectivity index (χ1) is 12.3. The largest absolute Gasteiger partial charge is 0.466 e. The molecule has 0 aromatic heterocycles. The molecule has 0 amide bonds. The summed E-state index contributed by atoms with van der Waals surface area (Å²) in [6, 6.07) is 8.75. The van der Waals surface area contributed by atoms with E-state index in [1.807, 2.05) is 14.0 Å². The van der Waals surface area contributed by atoms with Gasteiger partial charge in [-0.2, -0.15) is 0 Å². The molecular weight excluding hydrogens is 326 g/mol. The second-order valence-electron chi connectivity index (χ2n) is 7.86. The first-order valence-corrected chi connectivity index (χ1v) is 9.56. The van der Waals surface area contributed by atoms with Gasteiger partial charge in [0.15, 0.2) is 5.96 Å². The van der Waals surface area contributed by atoms with Crippen LogP contribution < -0.4 is 5.32 Å². The third-order valence-electron chi connectivity index (χ3n) is 4.90. The topological polar surface area (TPSA) is 53.9 Å². The molecule has 0 atom stereocenters. The average Bonchev–Trinajstić information content (AvgIpc) is 2.62. The highest BCUT2D eigenvalue weighted by Gasteiger charge is 2.27. The number of nitrogens with zero attached hydrogens (tertiary/aromatic N) is 2. The molecule has 0 unspecified atom stereocenters. The number of nitrogens with one attached hydrogen (secondary N) is 1. The Hall–Kier alpha value is -2.04. The second kappa shape index (κ2) is 9.06. The van der Waals surface area contributed by atoms with Gasteiger partial charge in [-0.25, -0.2) is 0 Å². The van der Waals surface area contributed by atoms with Gasteiger partial charge in [0.1, 0.15) is 0 Å². The Morgan fingerprint density at radius 2 is 1.85 bits per heavy atom. The van der Waals surface area contributed by atoms with Gasteiger partial charge in [-0.1, -0.05) is 45.0 Å². The minimum Gasteiger partial charge on any atom is -0.466 e. The van der Waals surface area contributed by atoms with Gasteiger partial charge in [-0.3, -0.25) is 9.79 Å². The summed E-state index contributed by atoms with van der Waals surface area (Å²) < 4.78 is 5.14. The summed E-state index contributed by atoms with van der Waals surface area (Å²) in [6.45, 7) is 11.4. The maximum absolute atomic E-state index is 11.9. The normalized spacial score (nSPS) is 16.5. The molecule has 5 nitrogen and oxygen atoms in total. The van der Waals surface area contributed by atoms with Crippen molar-refractivity contribution in [2.24, 2.45) is 10.9 Å². The molecule has 1 fully saturated rings. The molecule has 0 radical (unpaired) electrons. The van der Waals surface area contributed by atoms with Gasteiger partial charge in [-0.15, -0.1) is 0 Å². The summed E-state index contributed by atoms with van der Waals surface area (Å²) in [5.41, 5.74) is 2.75. The Morgan fingerprint density at radius 3 is 2.35 bits per heavy atom. The van der Waals surface area contributed by atoms with Crippen LogP contribution in [0.5, 0.6) is 0 Å². The number of hydrogen-bond donors (Lipinski definition) is 1. The number of carbonyl (C=O) groups excluding carboxylic acids is 1. The van der Waals surface area contributed by atoms with E-state index >= 15 is 0 Å². The molecule has 26 heavy (non-hydrogen) atoms. The van der Waals surface area contributed by atoms with E-state index in [1.165, 1.54) is 11.1 Å². The molecule has 1 aromatic carbocycles. The number of piperidine rings is 1. The van der Waals surface area contributed by atoms with Crippen LogP contribution in [0.3, 0.4) is 0 Å². The number of rotatable bonds is 4. The van der Waals surface area contributed by atoms with Gasteiger partial charge < -0.3 is 15.0 Å². The Balaban J connectivity index is 1.86. The molecule has 5 heteroatoms. The number of aliphatic imine (C=N–C) groups is 1. The molecule has 0 saturated carbocycles. The predicted octanol–water partition coefficient (Wildman–Crippen LogP) is 3.33. The highest BCUT2D eigenvalue weighted by Crippen LogP contribution is 2.22. The van der Waals surface area contributed by atoms with Crippen LogP contribution in [0.4, 0.5) is 0 Å². The number of esters is 1. The molecule has 1 heterocycles. The molecule has 144 valence electrons. The summed E-state index contributed by atoms with van der Waals surface area (Å²) in [5, 5.41) is 3.44. The minimum absolute atomic E-state index is 0.0225. The number of ether oxygens (including phenoxy) is 1. The molecule has 0 aliphatic carbocycles. The van der Waals surface area contributed by atoms with Crippen LogP contribution >= 0.6 is 0 Å². The molecular formula is C21H33N3O2. The first-order valence-electron chi connectivity index (χ1n) is 9.56. The molecule has 0 bridgehead atoms. The van der Waals surface area contributed by atoms with Crippen molar-refractivity contribution in [1.82, 2.24) is 10.2 Å². The van der Waals surface area contributed by atoms with Crippen molar-refractivity contribution in [3.63, 3.8) is 0 Å². The van der Waals surface area contributed by atoms with E-state index in [0.29, 0.717) is 6.61 Å². The van der Waals surface area contributed by atoms with Crippen molar-refractivity contribution in [2.75, 3.05) is 26.7 Å². The van der Waals surface area contributed by atoms with E-state index in [9.17, 15) is 4.79 Å². The van der Waals surface area contributed by atoms with Crippen LogP contribution in [0, 0.1) is 5.92 Å². The van der Waals surface area contributed by atoms with Crippen LogP contribution in [-0.2, 0) is 21.5 Å². The van der Waals surface area contributed by atoms with Crippen LogP contribution in [-0.4, -0.2) is 43.6 Å². The fourth-order valence-electron chi connectivity index (χ4n) is 3.22. The Labute approximate surface area is 157 Å². The fourth-order valence-corrected chi connectivity index (χ4v) is 3.22. The van der Waals surface area contributed by atoms with Gasteiger partial charge in [-0.05, 0) is 36.3 Å². The lowest BCUT2D eigenvalue weighted by molar-refractivity contribution is -0.149. The van der Waals surface area contributed by atoms with E-state index in [2.05, 4.69) is 60.2 Å². The molecule has 2 rings (SSSR count). The van der Waals surface area contributed by atoms with Crippen LogP contribution in [0.2, 0.25) is 0 Å². The number of benzene rings is 1. The lowest BCUT2D eigenvalue weighted by Gasteiger charge is -2.33. The maximum atomic E-state index is 11.9. The third-order valence-corrected chi connectivity index (χ3v) is 4.90. The van der Waals surface area contributed by atoms with E-state index in [1.54, 1.807) is 0 Å². The highest BCUT2D eigenvalue weighted by atomic mass is 16.5. The number of likely N-dealkylation sites (tertiary alicyclic amines) is 1. The average molecular weight is 360 g/mol. The molecule has 1 aromatic rings. The zero-order valence-electron chi connectivity index (χ0n) is 16.8. The smallest absolute Gasteiger partial charge is 0.309 e. The zero-order chi connectivity index (χ0) is 19.2. The van der Waals surface area contributed by atoms with Crippen molar-refractivity contribution in [3.8, 4) is 0 Å². The minimum atomic E-state index is -0.0611. The van der Waals surface area contributed by atoms with Gasteiger partial charge >= 0.3 is 5.97 Å². The standard InChI is InChI=1S/C21H33N3O2/c1-6-26-19(25)17-11-13-24(14-12-17)20(22-5)23-15-16-7-9-18(10-8-16)21(2,3)4/h7-10,17H,6,11-15H2,1-5H3,(H,22,23). The zero-order valence-corrected chi connectivity index (χ0v) is 16.8.